The number of nitrogens with one attached hydrogen (secondary N) is 2. The topological polar surface area (TPSA) is 87.7 Å². The number of ether oxygens (including phenoxy) is 1. The first-order valence-electron chi connectivity index (χ1n) is 8.00. The van der Waals surface area contributed by atoms with E-state index in [0.717, 1.165) is 5.56 Å². The second kappa shape index (κ2) is 8.35. The number of amides is 2. The lowest BCUT2D eigenvalue weighted by Crippen LogP contribution is -2.54. The van der Waals surface area contributed by atoms with Crippen LogP contribution in [0.4, 0.5) is 4.79 Å². The maximum Gasteiger partial charge on any atom is 0.315 e. The molecule has 0 saturated carbocycles. The molecule has 1 heterocycles. The number of hydrogen-bond acceptors (Lipinski definition) is 4. The Bertz CT molecular complexity index is 686. The van der Waals surface area contributed by atoms with Crippen molar-refractivity contribution >= 4 is 27.7 Å². The molecule has 9 heteroatoms. The van der Waals surface area contributed by atoms with E-state index in [-0.39, 0.29) is 6.03 Å². The molecule has 2 amide bonds. The van der Waals surface area contributed by atoms with Gasteiger partial charge in [0.15, 0.2) is 0 Å². The zero-order valence-electron chi connectivity index (χ0n) is 14.4. The summed E-state index contributed by atoms with van der Waals surface area (Å²) in [7, 11) is -1.60. The van der Waals surface area contributed by atoms with E-state index in [1.165, 1.54) is 10.6 Å². The normalized spacial score (nSPS) is 17.9. The molecular weight excluding hydrogens is 366 g/mol. The quantitative estimate of drug-likeness (QED) is 0.773. The highest BCUT2D eigenvalue weighted by atomic mass is 35.5. The number of rotatable bonds is 6. The van der Waals surface area contributed by atoms with E-state index < -0.39 is 15.6 Å². The lowest BCUT2D eigenvalue weighted by atomic mass is 9.92. The van der Waals surface area contributed by atoms with E-state index in [4.69, 9.17) is 16.3 Å². The van der Waals surface area contributed by atoms with Crippen molar-refractivity contribution < 1.29 is 17.9 Å². The van der Waals surface area contributed by atoms with Crippen LogP contribution in [0.1, 0.15) is 18.4 Å². The summed E-state index contributed by atoms with van der Waals surface area (Å²) in [5.74, 6) is 0. The fourth-order valence-corrected chi connectivity index (χ4v) is 3.74. The van der Waals surface area contributed by atoms with Gasteiger partial charge in [0.25, 0.3) is 0 Å². The third kappa shape index (κ3) is 5.85. The maximum atomic E-state index is 12.0. The number of hydrogen-bond donors (Lipinski definition) is 2. The van der Waals surface area contributed by atoms with Crippen molar-refractivity contribution in [2.75, 3.05) is 33.0 Å². The van der Waals surface area contributed by atoms with Crippen LogP contribution in [0.25, 0.3) is 0 Å². The zero-order chi connectivity index (χ0) is 18.5. The molecule has 0 spiro atoms. The molecular formula is C16H24ClN3O4S. The summed E-state index contributed by atoms with van der Waals surface area (Å²) in [6.07, 6.45) is 2.28. The van der Waals surface area contributed by atoms with Crippen molar-refractivity contribution in [3.63, 3.8) is 0 Å². The number of halogens is 1. The number of carbonyl (C=O) groups is 1. The molecule has 1 aromatic rings. The lowest BCUT2D eigenvalue weighted by molar-refractivity contribution is -0.0417. The molecule has 0 atom stereocenters. The minimum Gasteiger partial charge on any atom is -0.376 e. The van der Waals surface area contributed by atoms with Gasteiger partial charge in [-0.15, -0.1) is 0 Å². The van der Waals surface area contributed by atoms with Crippen molar-refractivity contribution in [2.45, 2.75) is 25.0 Å². The van der Waals surface area contributed by atoms with Gasteiger partial charge in [-0.05, 0) is 30.5 Å². The first-order chi connectivity index (χ1) is 11.7. The van der Waals surface area contributed by atoms with Crippen LogP contribution in [0.3, 0.4) is 0 Å². The molecule has 25 heavy (non-hydrogen) atoms. The lowest BCUT2D eigenvalue weighted by Gasteiger charge is -2.39. The molecule has 1 aromatic carbocycles. The van der Waals surface area contributed by atoms with Crippen LogP contribution in [0.2, 0.25) is 5.02 Å². The summed E-state index contributed by atoms with van der Waals surface area (Å²) >= 11 is 5.83. The third-order valence-electron chi connectivity index (χ3n) is 4.47. The van der Waals surface area contributed by atoms with Crippen LogP contribution in [-0.2, 0) is 21.3 Å². The van der Waals surface area contributed by atoms with Gasteiger partial charge in [0.1, 0.15) is 0 Å². The highest BCUT2D eigenvalue weighted by molar-refractivity contribution is 7.88. The van der Waals surface area contributed by atoms with Gasteiger partial charge >= 0.3 is 6.03 Å². The fraction of sp³-hybridized carbons (Fsp3) is 0.562. The average Bonchev–Trinajstić information content (AvgIpc) is 2.59. The third-order valence-corrected chi connectivity index (χ3v) is 6.03. The predicted octanol–water partition coefficient (Wildman–Crippen LogP) is 1.58. The van der Waals surface area contributed by atoms with Crippen LogP contribution in [0.15, 0.2) is 24.3 Å². The molecule has 0 aliphatic carbocycles. The van der Waals surface area contributed by atoms with Gasteiger partial charge in [0.05, 0.1) is 11.9 Å². The number of sulfonamides is 1. The van der Waals surface area contributed by atoms with Crippen LogP contribution in [0.5, 0.6) is 0 Å². The molecule has 2 rings (SSSR count). The molecule has 1 saturated heterocycles. The van der Waals surface area contributed by atoms with Gasteiger partial charge in [-0.25, -0.2) is 17.5 Å². The zero-order valence-corrected chi connectivity index (χ0v) is 16.0. The summed E-state index contributed by atoms with van der Waals surface area (Å²) in [5, 5.41) is 6.24. The highest BCUT2D eigenvalue weighted by Crippen LogP contribution is 2.26. The summed E-state index contributed by atoms with van der Waals surface area (Å²) in [6.45, 7) is 1.50. The van der Waals surface area contributed by atoms with Crippen molar-refractivity contribution in [2.24, 2.45) is 0 Å². The van der Waals surface area contributed by atoms with Crippen LogP contribution in [-0.4, -0.2) is 57.4 Å². The molecule has 0 bridgehead atoms. The minimum atomic E-state index is -3.19. The molecule has 0 aromatic heterocycles. The highest BCUT2D eigenvalue weighted by Gasteiger charge is 2.37. The Balaban J connectivity index is 1.80. The smallest absolute Gasteiger partial charge is 0.315 e. The number of methoxy groups -OCH3 is 1. The first-order valence-corrected chi connectivity index (χ1v) is 10.2. The molecule has 7 nitrogen and oxygen atoms in total. The Morgan fingerprint density at radius 1 is 1.24 bits per heavy atom. The monoisotopic (exact) mass is 389 g/mol. The fourth-order valence-electron chi connectivity index (χ4n) is 2.77. The minimum absolute atomic E-state index is 0.295. The van der Waals surface area contributed by atoms with Gasteiger partial charge < -0.3 is 15.4 Å². The average molecular weight is 390 g/mol. The molecule has 1 aliphatic rings. The summed E-state index contributed by atoms with van der Waals surface area (Å²) < 4.78 is 30.2. The van der Waals surface area contributed by atoms with E-state index in [9.17, 15) is 13.2 Å². The second-order valence-corrected chi connectivity index (χ2v) is 8.63. The number of piperidine rings is 1. The van der Waals surface area contributed by atoms with Crippen LogP contribution in [0, 0.1) is 0 Å². The summed E-state index contributed by atoms with van der Waals surface area (Å²) in [4.78, 5) is 12.0. The van der Waals surface area contributed by atoms with Crippen molar-refractivity contribution in [1.29, 1.82) is 0 Å². The number of urea groups is 1. The summed E-state index contributed by atoms with van der Waals surface area (Å²) in [6, 6.07) is 6.94. The van der Waals surface area contributed by atoms with E-state index in [2.05, 4.69) is 10.6 Å². The molecule has 1 fully saturated rings. The predicted molar refractivity (Wildman–Crippen MR) is 97.1 cm³/mol. The van der Waals surface area contributed by atoms with Crippen LogP contribution < -0.4 is 10.6 Å². The molecule has 0 radical (unpaired) electrons. The van der Waals surface area contributed by atoms with E-state index in [0.29, 0.717) is 44.0 Å². The largest absolute Gasteiger partial charge is 0.376 e. The maximum absolute atomic E-state index is 12.0. The van der Waals surface area contributed by atoms with E-state index >= 15 is 0 Å². The second-order valence-electron chi connectivity index (χ2n) is 6.21. The Morgan fingerprint density at radius 2 is 1.84 bits per heavy atom. The number of carbonyl (C=O) groups excluding carboxylic acids is 1. The van der Waals surface area contributed by atoms with Crippen molar-refractivity contribution in [3.8, 4) is 0 Å². The Morgan fingerprint density at radius 3 is 2.36 bits per heavy atom. The first kappa shape index (κ1) is 20.0. The van der Waals surface area contributed by atoms with Gasteiger partial charge in [0.2, 0.25) is 10.0 Å². The van der Waals surface area contributed by atoms with Gasteiger partial charge in [-0.2, -0.15) is 0 Å². The van der Waals surface area contributed by atoms with Gasteiger partial charge in [0, 0.05) is 38.3 Å². The SMILES string of the molecule is COC1(CNC(=O)NCc2ccc(Cl)cc2)CCN(S(C)(=O)=O)CC1. The molecule has 0 unspecified atom stereocenters. The van der Waals surface area contributed by atoms with E-state index in [1.54, 1.807) is 19.2 Å². The van der Waals surface area contributed by atoms with Crippen molar-refractivity contribution in [1.82, 2.24) is 14.9 Å². The van der Waals surface area contributed by atoms with Crippen LogP contribution >= 0.6 is 11.6 Å². The summed E-state index contributed by atoms with van der Waals surface area (Å²) in [5.41, 5.74) is 0.404. The van der Waals surface area contributed by atoms with E-state index in [1.807, 2.05) is 12.1 Å². The van der Waals surface area contributed by atoms with Gasteiger partial charge in [-0.1, -0.05) is 23.7 Å². The van der Waals surface area contributed by atoms with Gasteiger partial charge in [-0.3, -0.25) is 0 Å². The number of benzene rings is 1. The molecule has 140 valence electrons. The molecule has 1 aliphatic heterocycles. The number of nitrogens with zero attached hydrogens (tertiary/aromatic N) is 1. The Hall–Kier alpha value is -1.35. The Kier molecular flexibility index (Phi) is 6.67. The Labute approximate surface area is 153 Å². The standard InChI is InChI=1S/C16H24ClN3O4S/c1-24-16(7-9-20(10-8-16)25(2,22)23)12-19-15(21)18-11-13-3-5-14(17)6-4-13/h3-6H,7-12H2,1-2H3,(H2,18,19,21). The molecule has 2 N–H and O–H groups in total. The van der Waals surface area contributed by atoms with Crippen molar-refractivity contribution in [3.05, 3.63) is 34.9 Å².